The molecule has 80 heavy (non-hydrogen) atoms. The Morgan fingerprint density at radius 3 is 1.35 bits per heavy atom. The van der Waals surface area contributed by atoms with Crippen LogP contribution in [0, 0.1) is 17.8 Å². The van der Waals surface area contributed by atoms with Crippen LogP contribution >= 0.6 is 34.0 Å². The second-order valence-electron chi connectivity index (χ2n) is 21.3. The summed E-state index contributed by atoms with van der Waals surface area (Å²) in [5.74, 6) is 1.80. The van der Waals surface area contributed by atoms with Crippen LogP contribution in [0.25, 0.3) is 32.6 Å². The molecule has 0 saturated carbocycles. The van der Waals surface area contributed by atoms with Crippen LogP contribution in [0.2, 0.25) is 0 Å². The van der Waals surface area contributed by atoms with Gasteiger partial charge < -0.3 is 8.83 Å². The fourth-order valence-corrected chi connectivity index (χ4v) is 11.9. The van der Waals surface area contributed by atoms with Crippen molar-refractivity contribution in [2.24, 2.45) is 35.8 Å². The van der Waals surface area contributed by atoms with E-state index >= 15 is 0 Å². The number of alkyl halides is 6. The number of benzene rings is 3. The Labute approximate surface area is 471 Å². The highest BCUT2D eigenvalue weighted by molar-refractivity contribution is 7.19. The molecule has 0 amide bonds. The third kappa shape index (κ3) is 13.5. The molecule has 3 aromatic carbocycles. The van der Waals surface area contributed by atoms with E-state index in [1.165, 1.54) is 53.3 Å². The van der Waals surface area contributed by atoms with E-state index in [4.69, 9.17) is 8.83 Å². The summed E-state index contributed by atoms with van der Waals surface area (Å²) in [6.45, 7) is 16.6. The molecule has 5 aliphatic heterocycles. The number of thiazole rings is 3. The minimum absolute atomic E-state index is 0.0806. The number of nitrogens with zero attached hydrogens (tertiary/aromatic N) is 10. The first-order valence-electron chi connectivity index (χ1n) is 25.7. The maximum Gasteiger partial charge on any atom is 0.394 e. The molecule has 0 radical (unpaired) electrons. The Morgan fingerprint density at radius 2 is 0.850 bits per heavy atom. The van der Waals surface area contributed by atoms with Crippen molar-refractivity contribution < 1.29 is 35.2 Å². The quantitative estimate of drug-likeness (QED) is 0.144. The molecule has 0 spiro atoms. The largest absolute Gasteiger partial charge is 0.423 e. The van der Waals surface area contributed by atoms with Gasteiger partial charge in [0.1, 0.15) is 36.4 Å². The van der Waals surface area contributed by atoms with E-state index in [1.807, 2.05) is 69.3 Å². The zero-order valence-corrected chi connectivity index (χ0v) is 48.3. The fraction of sp³-hybridized carbons (Fsp3) is 0.356. The summed E-state index contributed by atoms with van der Waals surface area (Å²) in [6.07, 6.45) is -4.96. The van der Waals surface area contributed by atoms with Gasteiger partial charge in [0.15, 0.2) is 5.89 Å². The SMILES string of the molecule is CC1=Nc2oc(-c3ccccc3)nc2C1.CC1=Nc2oc(CC(C)(C)C(F)(F)F)nc2C1.CC1=Nc2sc(-c3ccccc3)nc2C1.CC1=Nc2sc(-c3ccccc3C)nc2C1.CC1=Nc2sc(CC(C)(C)C(F)(F)F)nc2C1. The van der Waals surface area contributed by atoms with Gasteiger partial charge in [-0.25, -0.2) is 49.9 Å². The molecule has 0 fully saturated rings. The van der Waals surface area contributed by atoms with Crippen molar-refractivity contribution >= 4 is 89.3 Å². The number of fused-ring (bicyclic) bond motifs is 5. The van der Waals surface area contributed by atoms with Gasteiger partial charge in [-0.2, -0.15) is 26.3 Å². The normalized spacial score (nSPS) is 14.7. The van der Waals surface area contributed by atoms with Crippen LogP contribution in [-0.2, 0) is 44.9 Å². The molecule has 5 aromatic heterocycles. The summed E-state index contributed by atoms with van der Waals surface area (Å²) in [5.41, 5.74) is 11.0. The first-order chi connectivity index (χ1) is 37.8. The van der Waals surface area contributed by atoms with E-state index in [2.05, 4.69) is 107 Å². The van der Waals surface area contributed by atoms with Crippen LogP contribution in [0.5, 0.6) is 0 Å². The van der Waals surface area contributed by atoms with Gasteiger partial charge in [0.05, 0.1) is 32.9 Å². The van der Waals surface area contributed by atoms with Crippen LogP contribution in [0.15, 0.2) is 119 Å². The lowest BCUT2D eigenvalue weighted by molar-refractivity contribution is -0.212. The average molecular weight is 1150 g/mol. The minimum Gasteiger partial charge on any atom is -0.423 e. The molecule has 0 N–H and O–H groups in total. The molecule has 0 unspecified atom stereocenters. The Kier molecular flexibility index (Phi) is 16.7. The van der Waals surface area contributed by atoms with E-state index in [0.29, 0.717) is 41.2 Å². The summed E-state index contributed by atoms with van der Waals surface area (Å²) in [5, 5.41) is 5.65. The van der Waals surface area contributed by atoms with Gasteiger partial charge in [0.25, 0.3) is 0 Å². The highest BCUT2D eigenvalue weighted by Crippen LogP contribution is 2.45. The summed E-state index contributed by atoms with van der Waals surface area (Å²) in [7, 11) is 0. The van der Waals surface area contributed by atoms with Gasteiger partial charge in [-0.3, -0.25) is 0 Å². The van der Waals surface area contributed by atoms with Gasteiger partial charge >= 0.3 is 12.4 Å². The van der Waals surface area contributed by atoms with Gasteiger partial charge in [-0.05, 0) is 59.2 Å². The number of rotatable bonds is 7. The van der Waals surface area contributed by atoms with E-state index in [9.17, 15) is 26.3 Å². The van der Waals surface area contributed by atoms with Crippen molar-refractivity contribution in [2.75, 3.05) is 0 Å². The Hall–Kier alpha value is -7.10. The first-order valence-corrected chi connectivity index (χ1v) is 28.2. The highest BCUT2D eigenvalue weighted by Gasteiger charge is 2.49. The molecule has 0 aliphatic carbocycles. The summed E-state index contributed by atoms with van der Waals surface area (Å²) >= 11 is 4.64. The van der Waals surface area contributed by atoms with Crippen LogP contribution in [0.4, 0.5) is 53.1 Å². The Balaban J connectivity index is 0.000000121. The molecule has 12 nitrogen and oxygen atoms in total. The summed E-state index contributed by atoms with van der Waals surface area (Å²) in [4.78, 5) is 43.6. The number of oxazole rings is 2. The molecular formula is C59H58F6N10O2S3. The second-order valence-corrected chi connectivity index (χ2v) is 24.3. The smallest absolute Gasteiger partial charge is 0.394 e. The third-order valence-corrected chi connectivity index (χ3v) is 16.2. The number of halogens is 6. The number of hydrogen-bond acceptors (Lipinski definition) is 15. The molecule has 0 atom stereocenters. The van der Waals surface area contributed by atoms with Gasteiger partial charge in [-0.1, -0.05) is 135 Å². The van der Waals surface area contributed by atoms with E-state index in [1.54, 1.807) is 22.7 Å². The number of aromatic nitrogens is 5. The monoisotopic (exact) mass is 1150 g/mol. The maximum atomic E-state index is 12.7. The second kappa shape index (κ2) is 23.2. The molecule has 21 heteroatoms. The third-order valence-electron chi connectivity index (χ3n) is 13.2. The molecule has 0 saturated heterocycles. The average Bonchev–Trinajstić information content (AvgIpc) is 4.26. The lowest BCUT2D eigenvalue weighted by atomic mass is 9.88. The number of aryl methyl sites for hydroxylation is 1. The molecule has 8 aromatic rings. The predicted molar refractivity (Wildman–Crippen MR) is 310 cm³/mol. The van der Waals surface area contributed by atoms with Gasteiger partial charge in [0.2, 0.25) is 17.7 Å². The molecule has 0 bridgehead atoms. The molecule has 416 valence electrons. The molecule has 10 heterocycles. The van der Waals surface area contributed by atoms with Crippen molar-refractivity contribution in [3.05, 3.63) is 130 Å². The summed E-state index contributed by atoms with van der Waals surface area (Å²) in [6, 6.07) is 28.5. The van der Waals surface area contributed by atoms with Crippen LogP contribution < -0.4 is 0 Å². The van der Waals surface area contributed by atoms with Crippen LogP contribution in [0.3, 0.4) is 0 Å². The van der Waals surface area contributed by atoms with E-state index in [-0.39, 0.29) is 18.7 Å². The number of hydrogen-bond donors (Lipinski definition) is 0. The van der Waals surface area contributed by atoms with Crippen LogP contribution in [0.1, 0.15) is 107 Å². The lowest BCUT2D eigenvalue weighted by Crippen LogP contribution is -2.34. The predicted octanol–water partition coefficient (Wildman–Crippen LogP) is 17.6. The zero-order valence-electron chi connectivity index (χ0n) is 45.8. The Morgan fingerprint density at radius 1 is 0.425 bits per heavy atom. The van der Waals surface area contributed by atoms with E-state index < -0.39 is 23.2 Å². The molecule has 13 rings (SSSR count). The fourth-order valence-electron chi connectivity index (χ4n) is 8.55. The molecular weight excluding hydrogens is 1090 g/mol. The van der Waals surface area contributed by atoms with Crippen molar-refractivity contribution in [1.29, 1.82) is 0 Å². The van der Waals surface area contributed by atoms with Crippen molar-refractivity contribution in [3.8, 4) is 32.6 Å². The summed E-state index contributed by atoms with van der Waals surface area (Å²) < 4.78 is 87.1. The van der Waals surface area contributed by atoms with E-state index in [0.717, 1.165) is 104 Å². The van der Waals surface area contributed by atoms with Crippen LogP contribution in [-0.4, -0.2) is 65.8 Å². The number of aliphatic imine (C=N–C) groups is 5. The van der Waals surface area contributed by atoms with Crippen molar-refractivity contribution in [1.82, 2.24) is 24.9 Å². The highest BCUT2D eigenvalue weighted by atomic mass is 32.1. The Bertz CT molecular complexity index is 3520. The molecule has 5 aliphatic rings. The van der Waals surface area contributed by atoms with Gasteiger partial charge in [-0.15, -0.1) is 0 Å². The van der Waals surface area contributed by atoms with Gasteiger partial charge in [0, 0.05) is 90.2 Å². The minimum atomic E-state index is -4.27. The zero-order chi connectivity index (χ0) is 57.3. The topological polar surface area (TPSA) is 153 Å². The lowest BCUT2D eigenvalue weighted by Gasteiger charge is -2.26. The standard InChI is InChI=1S/C13H12N2S.C12H10N2O.C12H10N2S.C11H13F3N2O.C11H13F3N2S/c1-8-5-3-4-6-10(8)12-15-11-7-9(2)14-13(11)16-12;2*1-8-7-10-12(13-8)15-11(14-10)9-5-3-2-4-6-9;2*1-6-4-7-9(15-6)17-8(16-7)5-10(2,3)11(12,13)14/h3-6H,7H2,1-2H3;2*2-6H,7H2,1H3;2*4-5H2,1-3H3. The van der Waals surface area contributed by atoms with Crippen molar-refractivity contribution in [2.45, 2.75) is 127 Å². The first kappa shape index (κ1) is 57.6. The maximum absolute atomic E-state index is 12.7. The van der Waals surface area contributed by atoms with Crippen molar-refractivity contribution in [3.63, 3.8) is 0 Å².